The zero-order valence-corrected chi connectivity index (χ0v) is 10.2. The Balaban J connectivity index is 2.32. The standard InChI is InChI=1S/C11H10ClFN4O/c1-6-5-17(11(14)16-6)15-4-7-2-8(12)10(18)9(13)3-7/h2-5,18H,1H3,(H2,14,16). The molecule has 0 saturated carbocycles. The van der Waals surface area contributed by atoms with Crippen molar-refractivity contribution in [3.63, 3.8) is 0 Å². The van der Waals surface area contributed by atoms with Gasteiger partial charge < -0.3 is 10.8 Å². The number of benzene rings is 1. The molecule has 18 heavy (non-hydrogen) atoms. The molecule has 0 spiro atoms. The second-order valence-electron chi connectivity index (χ2n) is 3.66. The lowest BCUT2D eigenvalue weighted by Gasteiger charge is -2.00. The Kier molecular flexibility index (Phi) is 3.20. The molecule has 1 heterocycles. The van der Waals surface area contributed by atoms with E-state index in [-0.39, 0.29) is 11.0 Å². The zero-order valence-electron chi connectivity index (χ0n) is 9.43. The van der Waals surface area contributed by atoms with Crippen molar-refractivity contribution in [2.24, 2.45) is 5.10 Å². The molecular weight excluding hydrogens is 259 g/mol. The minimum atomic E-state index is -0.807. The van der Waals surface area contributed by atoms with Crippen molar-refractivity contribution in [2.75, 3.05) is 5.73 Å². The van der Waals surface area contributed by atoms with Gasteiger partial charge in [0.25, 0.3) is 0 Å². The molecule has 0 aliphatic rings. The highest BCUT2D eigenvalue weighted by molar-refractivity contribution is 6.32. The zero-order chi connectivity index (χ0) is 13.3. The highest BCUT2D eigenvalue weighted by Crippen LogP contribution is 2.27. The van der Waals surface area contributed by atoms with Crippen molar-refractivity contribution in [1.29, 1.82) is 0 Å². The van der Waals surface area contributed by atoms with Crippen LogP contribution in [-0.2, 0) is 0 Å². The quantitative estimate of drug-likeness (QED) is 0.820. The van der Waals surface area contributed by atoms with Gasteiger partial charge in [-0.25, -0.2) is 14.1 Å². The summed E-state index contributed by atoms with van der Waals surface area (Å²) in [5.74, 6) is -1.15. The second-order valence-corrected chi connectivity index (χ2v) is 4.07. The van der Waals surface area contributed by atoms with Crippen molar-refractivity contribution in [2.45, 2.75) is 6.92 Å². The average Bonchev–Trinajstić information content (AvgIpc) is 2.62. The Morgan fingerprint density at radius 1 is 1.56 bits per heavy atom. The molecule has 0 aliphatic carbocycles. The number of imidazole rings is 1. The molecule has 0 amide bonds. The van der Waals surface area contributed by atoms with Crippen molar-refractivity contribution < 1.29 is 9.50 Å². The molecule has 1 aromatic heterocycles. The Labute approximate surface area is 107 Å². The van der Waals surface area contributed by atoms with E-state index in [9.17, 15) is 9.50 Å². The Bertz CT molecular complexity index is 600. The van der Waals surface area contributed by atoms with E-state index in [4.69, 9.17) is 17.3 Å². The van der Waals surface area contributed by atoms with Gasteiger partial charge in [-0.3, -0.25) is 0 Å². The molecular formula is C11H10ClFN4O. The van der Waals surface area contributed by atoms with Crippen molar-refractivity contribution in [3.05, 3.63) is 40.4 Å². The molecule has 94 valence electrons. The van der Waals surface area contributed by atoms with Crippen LogP contribution in [0.2, 0.25) is 5.02 Å². The van der Waals surface area contributed by atoms with Crippen molar-refractivity contribution >= 4 is 23.8 Å². The lowest BCUT2D eigenvalue weighted by Crippen LogP contribution is -1.97. The molecule has 0 unspecified atom stereocenters. The van der Waals surface area contributed by atoms with Gasteiger partial charge in [0.1, 0.15) is 0 Å². The number of nitrogens with zero attached hydrogens (tertiary/aromatic N) is 3. The summed E-state index contributed by atoms with van der Waals surface area (Å²) in [6, 6.07) is 2.51. The van der Waals surface area contributed by atoms with E-state index < -0.39 is 11.6 Å². The second kappa shape index (κ2) is 4.66. The summed E-state index contributed by atoms with van der Waals surface area (Å²) in [7, 11) is 0. The first kappa shape index (κ1) is 12.4. The first-order valence-corrected chi connectivity index (χ1v) is 5.39. The Morgan fingerprint density at radius 3 is 2.83 bits per heavy atom. The van der Waals surface area contributed by atoms with Crippen LogP contribution in [-0.4, -0.2) is 21.0 Å². The number of phenols is 1. The number of halogens is 2. The van der Waals surface area contributed by atoms with E-state index in [0.717, 1.165) is 11.8 Å². The third-order valence-electron chi connectivity index (χ3n) is 2.21. The van der Waals surface area contributed by atoms with Crippen LogP contribution in [0.3, 0.4) is 0 Å². The minimum absolute atomic E-state index is 0.0776. The van der Waals surface area contributed by atoms with Gasteiger partial charge >= 0.3 is 0 Å². The predicted molar refractivity (Wildman–Crippen MR) is 67.4 cm³/mol. The number of rotatable bonds is 2. The molecule has 0 atom stereocenters. The minimum Gasteiger partial charge on any atom is -0.504 e. The Hall–Kier alpha value is -2.08. The molecule has 3 N–H and O–H groups in total. The van der Waals surface area contributed by atoms with Crippen LogP contribution in [0, 0.1) is 12.7 Å². The number of nitrogen functional groups attached to an aromatic ring is 1. The van der Waals surface area contributed by atoms with E-state index in [0.29, 0.717) is 5.56 Å². The first-order valence-electron chi connectivity index (χ1n) is 5.01. The molecule has 0 fully saturated rings. The van der Waals surface area contributed by atoms with Crippen LogP contribution in [0.25, 0.3) is 0 Å². The Morgan fingerprint density at radius 2 is 2.28 bits per heavy atom. The van der Waals surface area contributed by atoms with Crippen LogP contribution >= 0.6 is 11.6 Å². The molecule has 2 aromatic rings. The third kappa shape index (κ3) is 2.43. The number of aromatic nitrogens is 2. The normalized spacial score (nSPS) is 11.3. The summed E-state index contributed by atoms with van der Waals surface area (Å²) in [5.41, 5.74) is 6.71. The van der Waals surface area contributed by atoms with Gasteiger partial charge in [0.15, 0.2) is 11.6 Å². The van der Waals surface area contributed by atoms with E-state index in [1.807, 2.05) is 0 Å². The van der Waals surface area contributed by atoms with Gasteiger partial charge in [0.2, 0.25) is 5.95 Å². The smallest absolute Gasteiger partial charge is 0.221 e. The average molecular weight is 269 g/mol. The maximum atomic E-state index is 13.2. The van der Waals surface area contributed by atoms with E-state index >= 15 is 0 Å². The fourth-order valence-corrected chi connectivity index (χ4v) is 1.60. The molecule has 0 bridgehead atoms. The van der Waals surface area contributed by atoms with Crippen molar-refractivity contribution in [3.8, 4) is 5.75 Å². The summed E-state index contributed by atoms with van der Waals surface area (Å²) in [4.78, 5) is 3.96. The van der Waals surface area contributed by atoms with E-state index in [1.165, 1.54) is 17.0 Å². The number of hydrogen-bond acceptors (Lipinski definition) is 4. The molecule has 2 rings (SSSR count). The summed E-state index contributed by atoms with van der Waals surface area (Å²) < 4.78 is 14.6. The number of nitrogens with two attached hydrogens (primary N) is 1. The SMILES string of the molecule is Cc1cn(N=Cc2cc(F)c(O)c(Cl)c2)c(N)n1. The molecule has 0 aliphatic heterocycles. The highest BCUT2D eigenvalue weighted by Gasteiger charge is 2.07. The monoisotopic (exact) mass is 268 g/mol. The molecule has 0 saturated heterocycles. The number of aromatic hydroxyl groups is 1. The summed E-state index contributed by atoms with van der Waals surface area (Å²) >= 11 is 5.64. The van der Waals surface area contributed by atoms with Crippen LogP contribution in [0.5, 0.6) is 5.75 Å². The van der Waals surface area contributed by atoms with Gasteiger partial charge in [0, 0.05) is 0 Å². The maximum absolute atomic E-state index is 13.2. The van der Waals surface area contributed by atoms with Gasteiger partial charge in [0.05, 0.1) is 23.1 Å². The lowest BCUT2D eigenvalue weighted by molar-refractivity contribution is 0.432. The highest BCUT2D eigenvalue weighted by atomic mass is 35.5. The van der Waals surface area contributed by atoms with Crippen LogP contribution in [0.1, 0.15) is 11.3 Å². The number of aryl methyl sites for hydroxylation is 1. The maximum Gasteiger partial charge on any atom is 0.221 e. The summed E-state index contributed by atoms with van der Waals surface area (Å²) in [5, 5.41) is 13.1. The first-order chi connectivity index (χ1) is 8.47. The van der Waals surface area contributed by atoms with Crippen molar-refractivity contribution in [1.82, 2.24) is 9.66 Å². The van der Waals surface area contributed by atoms with Gasteiger partial charge in [-0.05, 0) is 24.6 Å². The van der Waals surface area contributed by atoms with Crippen LogP contribution < -0.4 is 5.73 Å². The third-order valence-corrected chi connectivity index (χ3v) is 2.49. The number of anilines is 1. The topological polar surface area (TPSA) is 76.4 Å². The van der Waals surface area contributed by atoms with Gasteiger partial charge in [-0.1, -0.05) is 11.6 Å². The summed E-state index contributed by atoms with van der Waals surface area (Å²) in [6.07, 6.45) is 3.00. The predicted octanol–water partition coefficient (Wildman–Crippen LogP) is 2.15. The van der Waals surface area contributed by atoms with Crippen LogP contribution in [0.4, 0.5) is 10.3 Å². The molecule has 7 heteroatoms. The molecule has 0 radical (unpaired) electrons. The summed E-state index contributed by atoms with van der Waals surface area (Å²) in [6.45, 7) is 1.78. The van der Waals surface area contributed by atoms with E-state index in [1.54, 1.807) is 13.1 Å². The number of phenolic OH excluding ortho intramolecular Hbond substituents is 1. The molecule has 1 aromatic carbocycles. The van der Waals surface area contributed by atoms with Crippen LogP contribution in [0.15, 0.2) is 23.4 Å². The lowest BCUT2D eigenvalue weighted by atomic mass is 10.2. The number of hydrogen-bond donors (Lipinski definition) is 2. The van der Waals surface area contributed by atoms with Gasteiger partial charge in [-0.2, -0.15) is 5.10 Å². The van der Waals surface area contributed by atoms with Gasteiger partial charge in [-0.15, -0.1) is 0 Å². The molecule has 5 nitrogen and oxygen atoms in total. The fraction of sp³-hybridized carbons (Fsp3) is 0.0909. The van der Waals surface area contributed by atoms with E-state index in [2.05, 4.69) is 10.1 Å². The fourth-order valence-electron chi connectivity index (χ4n) is 1.38. The largest absolute Gasteiger partial charge is 0.504 e.